The molecule has 3 rings (SSSR count). The summed E-state index contributed by atoms with van der Waals surface area (Å²) >= 11 is 1.53. The average molecular weight is 332 g/mol. The van der Waals surface area contributed by atoms with Crippen molar-refractivity contribution in [2.24, 2.45) is 0 Å². The van der Waals surface area contributed by atoms with Gasteiger partial charge in [0.15, 0.2) is 0 Å². The minimum Gasteiger partial charge on any atom is -0.345 e. The number of amides is 2. The lowest BCUT2D eigenvalue weighted by Gasteiger charge is -2.22. The van der Waals surface area contributed by atoms with Crippen molar-refractivity contribution in [3.8, 4) is 0 Å². The van der Waals surface area contributed by atoms with Crippen LogP contribution in [0, 0.1) is 0 Å². The van der Waals surface area contributed by atoms with Gasteiger partial charge in [-0.05, 0) is 30.9 Å². The maximum atomic E-state index is 12.7. The monoisotopic (exact) mass is 332 g/mol. The van der Waals surface area contributed by atoms with Crippen molar-refractivity contribution in [3.05, 3.63) is 30.1 Å². The first kappa shape index (κ1) is 15.9. The number of hydrogen-bond acceptors (Lipinski definition) is 4. The molecule has 23 heavy (non-hydrogen) atoms. The van der Waals surface area contributed by atoms with Crippen molar-refractivity contribution in [1.29, 1.82) is 0 Å². The van der Waals surface area contributed by atoms with Gasteiger partial charge in [-0.1, -0.05) is 0 Å². The van der Waals surface area contributed by atoms with Gasteiger partial charge in [-0.25, -0.2) is 4.98 Å². The van der Waals surface area contributed by atoms with Crippen LogP contribution in [0.3, 0.4) is 0 Å². The minimum atomic E-state index is 0.0145. The fourth-order valence-corrected chi connectivity index (χ4v) is 3.27. The van der Waals surface area contributed by atoms with Gasteiger partial charge in [0.05, 0.1) is 23.1 Å². The molecule has 1 N–H and O–H groups in total. The standard InChI is InChI=1S/C16H20N4O2S/c1-23-10-15(21)19-5-2-6-20(8-7-19)16(22)12-3-4-13-14(9-12)18-11-17-13/h3-4,9,11H,2,5-8,10H2,1H3,(H,17,18). The molecule has 0 spiro atoms. The van der Waals surface area contributed by atoms with Gasteiger partial charge in [-0.3, -0.25) is 9.59 Å². The quantitative estimate of drug-likeness (QED) is 0.927. The highest BCUT2D eigenvalue weighted by Gasteiger charge is 2.22. The molecule has 0 atom stereocenters. The minimum absolute atomic E-state index is 0.0145. The molecule has 7 heteroatoms. The molecule has 0 saturated carbocycles. The van der Waals surface area contributed by atoms with Crippen LogP contribution in [-0.2, 0) is 4.79 Å². The number of rotatable bonds is 3. The van der Waals surface area contributed by atoms with E-state index in [1.165, 1.54) is 11.8 Å². The van der Waals surface area contributed by atoms with Crippen LogP contribution in [0.1, 0.15) is 16.8 Å². The van der Waals surface area contributed by atoms with E-state index in [2.05, 4.69) is 9.97 Å². The van der Waals surface area contributed by atoms with E-state index in [1.807, 2.05) is 34.3 Å². The van der Waals surface area contributed by atoms with Gasteiger partial charge in [0, 0.05) is 31.7 Å². The number of imidazole rings is 1. The van der Waals surface area contributed by atoms with Crippen LogP contribution in [0.5, 0.6) is 0 Å². The molecular weight excluding hydrogens is 312 g/mol. The van der Waals surface area contributed by atoms with Gasteiger partial charge in [-0.15, -0.1) is 0 Å². The number of carbonyl (C=O) groups excluding carboxylic acids is 2. The van der Waals surface area contributed by atoms with Crippen molar-refractivity contribution < 1.29 is 9.59 Å². The lowest BCUT2D eigenvalue weighted by atomic mass is 10.1. The number of nitrogens with zero attached hydrogens (tertiary/aromatic N) is 3. The van der Waals surface area contributed by atoms with Gasteiger partial charge < -0.3 is 14.8 Å². The van der Waals surface area contributed by atoms with Crippen LogP contribution < -0.4 is 0 Å². The van der Waals surface area contributed by atoms with E-state index >= 15 is 0 Å². The molecule has 6 nitrogen and oxygen atoms in total. The molecule has 1 aromatic heterocycles. The maximum Gasteiger partial charge on any atom is 0.253 e. The molecule has 1 aliphatic rings. The molecule has 0 radical (unpaired) electrons. The van der Waals surface area contributed by atoms with Crippen LogP contribution in [0.25, 0.3) is 11.0 Å². The second kappa shape index (κ2) is 7.04. The van der Waals surface area contributed by atoms with Gasteiger partial charge in [-0.2, -0.15) is 11.8 Å². The molecule has 2 aromatic rings. The Bertz CT molecular complexity index is 715. The Hall–Kier alpha value is -2.02. The maximum absolute atomic E-state index is 12.7. The Morgan fingerprint density at radius 2 is 2.00 bits per heavy atom. The van der Waals surface area contributed by atoms with Gasteiger partial charge in [0.1, 0.15) is 0 Å². The molecule has 1 fully saturated rings. The first-order chi connectivity index (χ1) is 11.2. The van der Waals surface area contributed by atoms with Crippen molar-refractivity contribution in [2.75, 3.05) is 38.2 Å². The fourth-order valence-electron chi connectivity index (χ4n) is 2.84. The summed E-state index contributed by atoms with van der Waals surface area (Å²) in [6, 6.07) is 5.50. The lowest BCUT2D eigenvalue weighted by molar-refractivity contribution is -0.128. The molecule has 2 amide bonds. The zero-order chi connectivity index (χ0) is 16.2. The zero-order valence-corrected chi connectivity index (χ0v) is 13.9. The number of thioether (sulfide) groups is 1. The summed E-state index contributed by atoms with van der Waals surface area (Å²) in [6.07, 6.45) is 4.37. The first-order valence-corrected chi connectivity index (χ1v) is 9.07. The van der Waals surface area contributed by atoms with E-state index < -0.39 is 0 Å². The van der Waals surface area contributed by atoms with E-state index in [0.29, 0.717) is 31.0 Å². The average Bonchev–Trinajstić information content (AvgIpc) is 2.88. The van der Waals surface area contributed by atoms with E-state index in [9.17, 15) is 9.59 Å². The van der Waals surface area contributed by atoms with Crippen molar-refractivity contribution in [3.63, 3.8) is 0 Å². The highest BCUT2D eigenvalue weighted by atomic mass is 32.2. The van der Waals surface area contributed by atoms with Crippen LogP contribution in [0.2, 0.25) is 0 Å². The Morgan fingerprint density at radius 3 is 2.83 bits per heavy atom. The molecule has 0 bridgehead atoms. The van der Waals surface area contributed by atoms with E-state index in [0.717, 1.165) is 24.0 Å². The molecule has 0 unspecified atom stereocenters. The summed E-state index contributed by atoms with van der Waals surface area (Å²) in [7, 11) is 0. The largest absolute Gasteiger partial charge is 0.345 e. The third kappa shape index (κ3) is 3.50. The highest BCUT2D eigenvalue weighted by molar-refractivity contribution is 7.99. The third-order valence-electron chi connectivity index (χ3n) is 4.07. The van der Waals surface area contributed by atoms with Crippen molar-refractivity contribution in [2.45, 2.75) is 6.42 Å². The SMILES string of the molecule is CSCC(=O)N1CCCN(C(=O)c2ccc3nc[nH]c3c2)CC1. The van der Waals surface area contributed by atoms with Crippen LogP contribution in [-0.4, -0.2) is 69.8 Å². The van der Waals surface area contributed by atoms with E-state index in [4.69, 9.17) is 0 Å². The normalized spacial score (nSPS) is 15.7. The summed E-state index contributed by atoms with van der Waals surface area (Å²) in [4.78, 5) is 35.6. The number of aromatic nitrogens is 2. The second-order valence-corrected chi connectivity index (χ2v) is 6.46. The first-order valence-electron chi connectivity index (χ1n) is 7.68. The van der Waals surface area contributed by atoms with Crippen molar-refractivity contribution in [1.82, 2.24) is 19.8 Å². The molecule has 2 heterocycles. The predicted octanol–water partition coefficient (Wildman–Crippen LogP) is 1.60. The van der Waals surface area contributed by atoms with Crippen molar-refractivity contribution >= 4 is 34.6 Å². The van der Waals surface area contributed by atoms with Crippen LogP contribution in [0.4, 0.5) is 0 Å². The number of hydrogen-bond donors (Lipinski definition) is 1. The summed E-state index contributed by atoms with van der Waals surface area (Å²) in [6.45, 7) is 2.60. The summed E-state index contributed by atoms with van der Waals surface area (Å²) in [5.41, 5.74) is 2.37. The van der Waals surface area contributed by atoms with Gasteiger partial charge in [0.2, 0.25) is 5.91 Å². The molecule has 1 aliphatic heterocycles. The molecule has 122 valence electrons. The second-order valence-electron chi connectivity index (χ2n) is 5.59. The number of nitrogens with one attached hydrogen (secondary N) is 1. The summed E-state index contributed by atoms with van der Waals surface area (Å²) in [5.74, 6) is 0.677. The molecule has 0 aliphatic carbocycles. The topological polar surface area (TPSA) is 69.3 Å². The summed E-state index contributed by atoms with van der Waals surface area (Å²) in [5, 5.41) is 0. The number of H-pyrrole nitrogens is 1. The van der Waals surface area contributed by atoms with Gasteiger partial charge in [0.25, 0.3) is 5.91 Å². The third-order valence-corrected chi connectivity index (χ3v) is 4.61. The Kier molecular flexibility index (Phi) is 4.85. The Labute approximate surface area is 139 Å². The van der Waals surface area contributed by atoms with E-state index in [-0.39, 0.29) is 11.8 Å². The number of aromatic amines is 1. The molecule has 1 saturated heterocycles. The fraction of sp³-hybridized carbons (Fsp3) is 0.438. The zero-order valence-electron chi connectivity index (χ0n) is 13.1. The van der Waals surface area contributed by atoms with E-state index in [1.54, 1.807) is 6.33 Å². The number of fused-ring (bicyclic) bond motifs is 1. The van der Waals surface area contributed by atoms with Crippen LogP contribution in [0.15, 0.2) is 24.5 Å². The highest BCUT2D eigenvalue weighted by Crippen LogP contribution is 2.15. The number of benzene rings is 1. The summed E-state index contributed by atoms with van der Waals surface area (Å²) < 4.78 is 0. The number of carbonyl (C=O) groups is 2. The predicted molar refractivity (Wildman–Crippen MR) is 91.6 cm³/mol. The van der Waals surface area contributed by atoms with Gasteiger partial charge >= 0.3 is 0 Å². The molecular formula is C16H20N4O2S. The Morgan fingerprint density at radius 1 is 1.22 bits per heavy atom. The molecule has 1 aromatic carbocycles. The smallest absolute Gasteiger partial charge is 0.253 e. The van der Waals surface area contributed by atoms with Crippen LogP contribution >= 0.6 is 11.8 Å². The Balaban J connectivity index is 1.69. The lowest BCUT2D eigenvalue weighted by Crippen LogP contribution is -2.38.